The number of carboxylic acid groups (broad SMARTS) is 1. The van der Waals surface area contributed by atoms with E-state index in [-0.39, 0.29) is 30.8 Å². The molecule has 0 spiro atoms. The fourth-order valence-electron chi connectivity index (χ4n) is 4.61. The second-order valence-corrected chi connectivity index (χ2v) is 10.5. The van der Waals surface area contributed by atoms with Gasteiger partial charge in [0.25, 0.3) is 0 Å². The van der Waals surface area contributed by atoms with Crippen molar-refractivity contribution in [3.05, 3.63) is 80.3 Å². The lowest BCUT2D eigenvalue weighted by Crippen LogP contribution is -2.17. The monoisotopic (exact) mass is 594 g/mol. The minimum absolute atomic E-state index is 0.0538. The number of aliphatic carboxylic acids is 1. The number of carboxylic acids is 1. The van der Waals surface area contributed by atoms with Crippen molar-refractivity contribution in [2.75, 3.05) is 14.2 Å². The van der Waals surface area contributed by atoms with Gasteiger partial charge in [0.15, 0.2) is 17.3 Å². The molecule has 210 valence electrons. The normalized spacial score (nSPS) is 16.6. The molecule has 0 aliphatic carbocycles. The Morgan fingerprint density at radius 2 is 1.98 bits per heavy atom. The van der Waals surface area contributed by atoms with Crippen molar-refractivity contribution in [3.8, 4) is 17.2 Å². The first kappa shape index (κ1) is 27.9. The van der Waals surface area contributed by atoms with Crippen LogP contribution in [0.3, 0.4) is 0 Å². The molecule has 9 nitrogen and oxygen atoms in total. The van der Waals surface area contributed by atoms with Gasteiger partial charge in [-0.2, -0.15) is 13.2 Å². The number of aromatic nitrogens is 4. The third-order valence-electron chi connectivity index (χ3n) is 6.31. The number of hydrogen-bond donors (Lipinski definition) is 1. The first-order valence-corrected chi connectivity index (χ1v) is 13.1. The lowest BCUT2D eigenvalue weighted by atomic mass is 9.98. The smallest absolute Gasteiger partial charge is 0.452 e. The van der Waals surface area contributed by atoms with Gasteiger partial charge in [0.1, 0.15) is 12.2 Å². The highest BCUT2D eigenvalue weighted by Crippen LogP contribution is 2.47. The van der Waals surface area contributed by atoms with Crippen LogP contribution in [0, 0.1) is 0 Å². The molecule has 0 amide bonds. The van der Waals surface area contributed by atoms with Crippen LogP contribution in [0.15, 0.2) is 42.6 Å². The maximum Gasteiger partial charge on any atom is 0.452 e. The minimum atomic E-state index is -4.81. The molecule has 5 rings (SSSR count). The largest absolute Gasteiger partial charge is 0.493 e. The number of para-hydroxylation sites is 1. The van der Waals surface area contributed by atoms with Gasteiger partial charge in [-0.25, -0.2) is 4.98 Å². The summed E-state index contributed by atoms with van der Waals surface area (Å²) in [4.78, 5) is 16.1. The van der Waals surface area contributed by atoms with Crippen LogP contribution >= 0.6 is 22.9 Å². The summed E-state index contributed by atoms with van der Waals surface area (Å²) in [6.07, 6.45) is -4.97. The van der Waals surface area contributed by atoms with E-state index in [1.54, 1.807) is 30.5 Å². The molecule has 0 radical (unpaired) electrons. The number of methoxy groups -OCH3 is 2. The van der Waals surface area contributed by atoms with Crippen molar-refractivity contribution in [1.82, 2.24) is 19.7 Å². The van der Waals surface area contributed by atoms with Gasteiger partial charge in [-0.1, -0.05) is 23.7 Å². The highest BCUT2D eigenvalue weighted by molar-refractivity contribution is 7.11. The minimum Gasteiger partial charge on any atom is -0.493 e. The van der Waals surface area contributed by atoms with Gasteiger partial charge in [0.05, 0.1) is 31.3 Å². The summed E-state index contributed by atoms with van der Waals surface area (Å²) >= 11 is 7.60. The lowest BCUT2D eigenvalue weighted by molar-refractivity contribution is -0.146. The van der Waals surface area contributed by atoms with E-state index >= 15 is 0 Å². The maximum atomic E-state index is 14.2. The predicted octanol–water partition coefficient (Wildman–Crippen LogP) is 5.83. The van der Waals surface area contributed by atoms with Gasteiger partial charge in [-0.15, -0.1) is 21.5 Å². The number of alkyl halides is 3. The summed E-state index contributed by atoms with van der Waals surface area (Å²) in [5, 5.41) is 17.2. The number of ether oxygens (including phenoxy) is 3. The van der Waals surface area contributed by atoms with E-state index < -0.39 is 30.2 Å². The van der Waals surface area contributed by atoms with Gasteiger partial charge < -0.3 is 19.3 Å². The Bertz CT molecular complexity index is 1560. The Kier molecular flexibility index (Phi) is 7.71. The molecule has 3 heterocycles. The van der Waals surface area contributed by atoms with Crippen molar-refractivity contribution in [3.63, 3.8) is 0 Å². The Balaban J connectivity index is 1.68. The molecule has 14 heteroatoms. The summed E-state index contributed by atoms with van der Waals surface area (Å²) in [5.74, 6) is -1.46. The zero-order valence-electron chi connectivity index (χ0n) is 21.1. The third-order valence-corrected chi connectivity index (χ3v) is 7.62. The number of halogens is 4. The predicted molar refractivity (Wildman–Crippen MR) is 138 cm³/mol. The number of nitrogens with zero attached hydrogens (tertiary/aromatic N) is 4. The Morgan fingerprint density at radius 1 is 1.18 bits per heavy atom. The van der Waals surface area contributed by atoms with E-state index in [1.165, 1.54) is 37.7 Å². The van der Waals surface area contributed by atoms with Crippen LogP contribution in [0.4, 0.5) is 13.2 Å². The Labute approximate surface area is 235 Å². The average Bonchev–Trinajstić information content (AvgIpc) is 3.54. The van der Waals surface area contributed by atoms with Crippen molar-refractivity contribution in [2.24, 2.45) is 0 Å². The number of fused-ring (bicyclic) bond motifs is 3. The molecule has 0 saturated heterocycles. The summed E-state index contributed by atoms with van der Waals surface area (Å²) in [6, 6.07) is 9.65. The van der Waals surface area contributed by atoms with Crippen LogP contribution in [0.25, 0.3) is 5.69 Å². The van der Waals surface area contributed by atoms with Gasteiger partial charge in [-0.3, -0.25) is 9.36 Å². The van der Waals surface area contributed by atoms with Gasteiger partial charge >= 0.3 is 12.1 Å². The summed E-state index contributed by atoms with van der Waals surface area (Å²) in [6.45, 7) is 0. The van der Waals surface area contributed by atoms with Gasteiger partial charge in [0.2, 0.25) is 5.82 Å². The van der Waals surface area contributed by atoms with Gasteiger partial charge in [0, 0.05) is 33.6 Å². The Morgan fingerprint density at radius 3 is 2.67 bits per heavy atom. The third kappa shape index (κ3) is 5.36. The Hall–Kier alpha value is -3.68. The second kappa shape index (κ2) is 11.1. The second-order valence-electron chi connectivity index (χ2n) is 8.82. The van der Waals surface area contributed by atoms with Crippen molar-refractivity contribution < 1.29 is 37.3 Å². The molecular formula is C26H22ClF3N4O5S. The molecule has 0 saturated carbocycles. The quantitative estimate of drug-likeness (QED) is 0.271. The zero-order chi connectivity index (χ0) is 28.6. The van der Waals surface area contributed by atoms with Crippen LogP contribution in [-0.2, 0) is 28.5 Å². The van der Waals surface area contributed by atoms with Crippen molar-refractivity contribution in [2.45, 2.75) is 37.6 Å². The molecule has 0 bridgehead atoms. The number of thiazole rings is 1. The first-order valence-electron chi connectivity index (χ1n) is 11.9. The SMILES string of the molecule is COc1cccc(C2OC(Cc3ncc(CCC(=O)O)s3)c3nnc(C(F)(F)F)n3-c3ccc(Cl)cc32)c1OC. The van der Waals surface area contributed by atoms with E-state index in [0.29, 0.717) is 32.7 Å². The van der Waals surface area contributed by atoms with E-state index in [9.17, 15) is 18.0 Å². The van der Waals surface area contributed by atoms with E-state index in [4.69, 9.17) is 30.9 Å². The van der Waals surface area contributed by atoms with Crippen molar-refractivity contribution >= 4 is 28.9 Å². The van der Waals surface area contributed by atoms with Gasteiger partial charge in [-0.05, 0) is 30.7 Å². The van der Waals surface area contributed by atoms with Crippen LogP contribution in [0.2, 0.25) is 5.02 Å². The van der Waals surface area contributed by atoms with E-state index in [2.05, 4.69) is 15.2 Å². The fraction of sp³-hybridized carbons (Fsp3) is 0.308. The number of aryl methyl sites for hydroxylation is 1. The van der Waals surface area contributed by atoms with E-state index in [0.717, 1.165) is 9.44 Å². The van der Waals surface area contributed by atoms with Crippen LogP contribution in [0.1, 0.15) is 51.3 Å². The standard InChI is InChI=1S/C26H22ClF3N4O5S/c1-37-18-5-3-4-15(23(18)38-2)22-16-10-13(27)6-8-17(16)34-24(32-33-25(34)26(28,29)30)19(39-22)11-20-31-12-14(40-20)7-9-21(35)36/h3-6,8,10,12,19,22H,7,9,11H2,1-2H3,(H,35,36). The topological polar surface area (TPSA) is 109 Å². The molecule has 1 aliphatic heterocycles. The lowest BCUT2D eigenvalue weighted by Gasteiger charge is -2.24. The van der Waals surface area contributed by atoms with Crippen LogP contribution < -0.4 is 9.47 Å². The highest BCUT2D eigenvalue weighted by Gasteiger charge is 2.43. The highest BCUT2D eigenvalue weighted by atomic mass is 35.5. The maximum absolute atomic E-state index is 14.2. The summed E-state index contributed by atoms with van der Waals surface area (Å²) < 4.78 is 61.1. The molecule has 4 aromatic rings. The fourth-order valence-corrected chi connectivity index (χ4v) is 5.74. The first-order chi connectivity index (χ1) is 19.1. The number of rotatable bonds is 8. The van der Waals surface area contributed by atoms with Crippen molar-refractivity contribution in [1.29, 1.82) is 0 Å². The molecule has 1 aliphatic rings. The summed E-state index contributed by atoms with van der Waals surface area (Å²) in [5.41, 5.74) is 0.994. The molecule has 2 aromatic heterocycles. The van der Waals surface area contributed by atoms with Crippen LogP contribution in [0.5, 0.6) is 11.5 Å². The number of hydrogen-bond acceptors (Lipinski definition) is 8. The molecule has 0 fully saturated rings. The summed E-state index contributed by atoms with van der Waals surface area (Å²) in [7, 11) is 2.93. The molecular weight excluding hydrogens is 573 g/mol. The van der Waals surface area contributed by atoms with Crippen LogP contribution in [-0.4, -0.2) is 45.0 Å². The molecule has 2 unspecified atom stereocenters. The van der Waals surface area contributed by atoms with E-state index in [1.807, 2.05) is 0 Å². The molecule has 2 atom stereocenters. The number of benzene rings is 2. The molecule has 1 N–H and O–H groups in total. The average molecular weight is 595 g/mol. The number of carbonyl (C=O) groups is 1. The zero-order valence-corrected chi connectivity index (χ0v) is 22.7. The molecule has 2 aromatic carbocycles. The molecule has 40 heavy (non-hydrogen) atoms.